The highest BCUT2D eigenvalue weighted by Crippen LogP contribution is 2.25. The SMILES string of the molecule is COc1ccc(NC(=O)[C@@H](C)Sc2nc3ncc(Cl)cc3[nH]2)cc1. The molecule has 2 aromatic heterocycles. The van der Waals surface area contributed by atoms with Crippen LogP contribution in [0.25, 0.3) is 11.2 Å². The molecule has 3 aromatic rings. The first kappa shape index (κ1) is 16.6. The summed E-state index contributed by atoms with van der Waals surface area (Å²) in [5.41, 5.74) is 2.03. The molecule has 0 bridgehead atoms. The van der Waals surface area contributed by atoms with Crippen molar-refractivity contribution >= 4 is 46.1 Å². The number of carbonyl (C=O) groups excluding carboxylic acids is 1. The van der Waals surface area contributed by atoms with Gasteiger partial charge in [0.05, 0.1) is 22.9 Å². The minimum absolute atomic E-state index is 0.114. The van der Waals surface area contributed by atoms with Crippen LogP contribution in [0.3, 0.4) is 0 Å². The van der Waals surface area contributed by atoms with Crippen LogP contribution in [-0.4, -0.2) is 33.2 Å². The van der Waals surface area contributed by atoms with E-state index in [1.165, 1.54) is 11.8 Å². The minimum Gasteiger partial charge on any atom is -0.497 e. The number of ether oxygens (including phenoxy) is 1. The Labute approximate surface area is 148 Å². The number of methoxy groups -OCH3 is 1. The lowest BCUT2D eigenvalue weighted by Gasteiger charge is -2.10. The smallest absolute Gasteiger partial charge is 0.237 e. The zero-order valence-electron chi connectivity index (χ0n) is 13.0. The molecule has 0 unspecified atom stereocenters. The zero-order chi connectivity index (χ0) is 17.1. The highest BCUT2D eigenvalue weighted by atomic mass is 35.5. The van der Waals surface area contributed by atoms with Crippen LogP contribution in [0.5, 0.6) is 5.75 Å². The Balaban J connectivity index is 1.65. The molecule has 0 saturated heterocycles. The van der Waals surface area contributed by atoms with E-state index in [2.05, 4.69) is 20.3 Å². The maximum absolute atomic E-state index is 12.3. The fourth-order valence-electron chi connectivity index (χ4n) is 2.05. The number of nitrogens with zero attached hydrogens (tertiary/aromatic N) is 2. The van der Waals surface area contributed by atoms with Gasteiger partial charge in [-0.2, -0.15) is 0 Å². The van der Waals surface area contributed by atoms with Crippen LogP contribution in [0, 0.1) is 0 Å². The highest BCUT2D eigenvalue weighted by molar-refractivity contribution is 8.00. The summed E-state index contributed by atoms with van der Waals surface area (Å²) in [5.74, 6) is 0.625. The second-order valence-corrected chi connectivity index (χ2v) is 6.81. The molecule has 24 heavy (non-hydrogen) atoms. The average Bonchev–Trinajstić information content (AvgIpc) is 2.96. The van der Waals surface area contributed by atoms with E-state index in [0.29, 0.717) is 21.5 Å². The quantitative estimate of drug-likeness (QED) is 0.676. The van der Waals surface area contributed by atoms with Crippen molar-refractivity contribution in [3.63, 3.8) is 0 Å². The highest BCUT2D eigenvalue weighted by Gasteiger charge is 2.17. The number of thioether (sulfide) groups is 1. The Kier molecular flexibility index (Phi) is 4.92. The lowest BCUT2D eigenvalue weighted by atomic mass is 10.3. The van der Waals surface area contributed by atoms with Crippen molar-refractivity contribution in [1.82, 2.24) is 15.0 Å². The predicted octanol–water partition coefficient (Wildman–Crippen LogP) is 3.74. The molecule has 0 fully saturated rings. The third-order valence-electron chi connectivity index (χ3n) is 3.30. The molecular formula is C16H15ClN4O2S. The molecule has 6 nitrogen and oxygen atoms in total. The number of imidazole rings is 1. The van der Waals surface area contributed by atoms with Gasteiger partial charge in [0, 0.05) is 11.9 Å². The van der Waals surface area contributed by atoms with Crippen LogP contribution in [-0.2, 0) is 4.79 Å². The van der Waals surface area contributed by atoms with Crippen LogP contribution in [0.15, 0.2) is 41.7 Å². The number of H-pyrrole nitrogens is 1. The van der Waals surface area contributed by atoms with Gasteiger partial charge in [0.25, 0.3) is 0 Å². The molecule has 0 aliphatic rings. The summed E-state index contributed by atoms with van der Waals surface area (Å²) in [5, 5.41) is 3.69. The topological polar surface area (TPSA) is 79.9 Å². The molecule has 8 heteroatoms. The number of anilines is 1. The van der Waals surface area contributed by atoms with Crippen molar-refractivity contribution in [3.8, 4) is 5.75 Å². The second kappa shape index (κ2) is 7.11. The van der Waals surface area contributed by atoms with Crippen molar-refractivity contribution in [3.05, 3.63) is 41.6 Å². The van der Waals surface area contributed by atoms with E-state index < -0.39 is 0 Å². The first-order valence-electron chi connectivity index (χ1n) is 7.18. The van der Waals surface area contributed by atoms with E-state index in [1.54, 1.807) is 43.6 Å². The molecule has 2 heterocycles. The molecule has 1 atom stereocenters. The summed E-state index contributed by atoms with van der Waals surface area (Å²) < 4.78 is 5.09. The molecule has 2 N–H and O–H groups in total. The maximum Gasteiger partial charge on any atom is 0.237 e. The summed E-state index contributed by atoms with van der Waals surface area (Å²) in [6.45, 7) is 1.82. The molecule has 1 aromatic carbocycles. The molecular weight excluding hydrogens is 348 g/mol. The van der Waals surface area contributed by atoms with Crippen molar-refractivity contribution in [2.75, 3.05) is 12.4 Å². The van der Waals surface area contributed by atoms with Gasteiger partial charge < -0.3 is 15.0 Å². The second-order valence-electron chi connectivity index (χ2n) is 5.04. The van der Waals surface area contributed by atoms with Gasteiger partial charge in [0.15, 0.2) is 10.8 Å². The Bertz CT molecular complexity index is 866. The number of amides is 1. The van der Waals surface area contributed by atoms with Gasteiger partial charge in [0.2, 0.25) is 5.91 Å². The Morgan fingerprint density at radius 3 is 2.83 bits per heavy atom. The number of benzene rings is 1. The normalized spacial score (nSPS) is 12.1. The van der Waals surface area contributed by atoms with Gasteiger partial charge in [-0.05, 0) is 37.3 Å². The number of pyridine rings is 1. The van der Waals surface area contributed by atoms with Gasteiger partial charge in [-0.25, -0.2) is 9.97 Å². The van der Waals surface area contributed by atoms with Crippen LogP contribution >= 0.6 is 23.4 Å². The van der Waals surface area contributed by atoms with Crippen LogP contribution in [0.4, 0.5) is 5.69 Å². The summed E-state index contributed by atoms with van der Waals surface area (Å²) in [4.78, 5) is 23.9. The number of nitrogens with one attached hydrogen (secondary N) is 2. The van der Waals surface area contributed by atoms with E-state index in [4.69, 9.17) is 16.3 Å². The molecule has 0 aliphatic carbocycles. The van der Waals surface area contributed by atoms with Gasteiger partial charge in [-0.15, -0.1) is 0 Å². The van der Waals surface area contributed by atoms with Crippen molar-refractivity contribution < 1.29 is 9.53 Å². The molecule has 1 amide bonds. The van der Waals surface area contributed by atoms with Crippen LogP contribution < -0.4 is 10.1 Å². The molecule has 124 valence electrons. The Morgan fingerprint density at radius 2 is 2.12 bits per heavy atom. The van der Waals surface area contributed by atoms with E-state index >= 15 is 0 Å². The molecule has 0 spiro atoms. The molecule has 0 radical (unpaired) electrons. The number of fused-ring (bicyclic) bond motifs is 1. The zero-order valence-corrected chi connectivity index (χ0v) is 14.6. The number of hydrogen-bond donors (Lipinski definition) is 2. The number of rotatable bonds is 5. The summed E-state index contributed by atoms with van der Waals surface area (Å²) in [7, 11) is 1.60. The lowest BCUT2D eigenvalue weighted by Crippen LogP contribution is -2.22. The first-order valence-corrected chi connectivity index (χ1v) is 8.44. The van der Waals surface area contributed by atoms with E-state index in [0.717, 1.165) is 11.3 Å². The molecule has 0 aliphatic heterocycles. The lowest BCUT2D eigenvalue weighted by molar-refractivity contribution is -0.115. The third kappa shape index (κ3) is 3.80. The largest absolute Gasteiger partial charge is 0.497 e. The molecule has 3 rings (SSSR count). The van der Waals surface area contributed by atoms with Crippen LogP contribution in [0.1, 0.15) is 6.92 Å². The summed E-state index contributed by atoms with van der Waals surface area (Å²) >= 11 is 7.23. The minimum atomic E-state index is -0.330. The third-order valence-corrected chi connectivity index (χ3v) is 4.49. The average molecular weight is 363 g/mol. The van der Waals surface area contributed by atoms with E-state index in [1.807, 2.05) is 6.92 Å². The number of aromatic nitrogens is 3. The first-order chi connectivity index (χ1) is 11.5. The predicted molar refractivity (Wildman–Crippen MR) is 95.8 cm³/mol. The van der Waals surface area contributed by atoms with Crippen molar-refractivity contribution in [2.24, 2.45) is 0 Å². The number of aromatic amines is 1. The van der Waals surface area contributed by atoms with Gasteiger partial charge in [0.1, 0.15) is 5.75 Å². The monoisotopic (exact) mass is 362 g/mol. The number of hydrogen-bond acceptors (Lipinski definition) is 5. The van der Waals surface area contributed by atoms with E-state index in [9.17, 15) is 4.79 Å². The maximum atomic E-state index is 12.3. The molecule has 0 saturated carbocycles. The van der Waals surface area contributed by atoms with Crippen molar-refractivity contribution in [2.45, 2.75) is 17.3 Å². The Hall–Kier alpha value is -2.25. The number of halogens is 1. The van der Waals surface area contributed by atoms with Gasteiger partial charge >= 0.3 is 0 Å². The van der Waals surface area contributed by atoms with E-state index in [-0.39, 0.29) is 11.2 Å². The fourth-order valence-corrected chi connectivity index (χ4v) is 3.01. The standard InChI is InChI=1S/C16H15ClN4O2S/c1-9(15(22)19-11-3-5-12(23-2)6-4-11)24-16-20-13-7-10(17)8-18-14(13)21-16/h3-9H,1-2H3,(H,19,22)(H,18,20,21)/t9-/m1/s1. The Morgan fingerprint density at radius 1 is 1.38 bits per heavy atom. The van der Waals surface area contributed by atoms with Crippen LogP contribution in [0.2, 0.25) is 5.02 Å². The fraction of sp³-hybridized carbons (Fsp3) is 0.188. The van der Waals surface area contributed by atoms with Gasteiger partial charge in [-0.1, -0.05) is 23.4 Å². The summed E-state index contributed by atoms with van der Waals surface area (Å²) in [6, 6.07) is 8.93. The number of carbonyl (C=O) groups is 1. The van der Waals surface area contributed by atoms with Crippen molar-refractivity contribution in [1.29, 1.82) is 0 Å². The van der Waals surface area contributed by atoms with Gasteiger partial charge in [-0.3, -0.25) is 4.79 Å². The summed E-state index contributed by atoms with van der Waals surface area (Å²) in [6.07, 6.45) is 1.54.